The van der Waals surface area contributed by atoms with E-state index in [1.54, 1.807) is 31.4 Å². The van der Waals surface area contributed by atoms with Gasteiger partial charge >= 0.3 is 0 Å². The van der Waals surface area contributed by atoms with Gasteiger partial charge in [0.1, 0.15) is 12.7 Å². The van der Waals surface area contributed by atoms with E-state index in [4.69, 9.17) is 13.7 Å². The third-order valence-corrected chi connectivity index (χ3v) is 4.98. The van der Waals surface area contributed by atoms with Crippen molar-refractivity contribution in [3.63, 3.8) is 0 Å². The van der Waals surface area contributed by atoms with Gasteiger partial charge in [-0.05, 0) is 31.2 Å². The quantitative estimate of drug-likeness (QED) is 0.732. The van der Waals surface area contributed by atoms with E-state index in [0.717, 1.165) is 11.1 Å². The smallest absolute Gasteiger partial charge is 0.297 e. The van der Waals surface area contributed by atoms with Crippen molar-refractivity contribution < 1.29 is 22.1 Å². The molecule has 0 N–H and O–H groups in total. The average molecular weight is 376 g/mol. The third-order valence-electron chi connectivity index (χ3n) is 3.69. The van der Waals surface area contributed by atoms with Gasteiger partial charge in [-0.1, -0.05) is 49.8 Å². The van der Waals surface area contributed by atoms with Gasteiger partial charge in [0.15, 0.2) is 11.5 Å². The second-order valence-corrected chi connectivity index (χ2v) is 7.06. The monoisotopic (exact) mass is 376 g/mol. The van der Waals surface area contributed by atoms with Gasteiger partial charge in [-0.15, -0.1) is 0 Å². The van der Waals surface area contributed by atoms with Crippen LogP contribution in [-0.2, 0) is 14.3 Å². The van der Waals surface area contributed by atoms with E-state index in [-0.39, 0.29) is 11.5 Å². The summed E-state index contributed by atoms with van der Waals surface area (Å²) in [5.41, 5.74) is 1.86. The highest BCUT2D eigenvalue weighted by Crippen LogP contribution is 2.35. The van der Waals surface area contributed by atoms with Crippen LogP contribution in [0, 0.1) is 6.92 Å². The summed E-state index contributed by atoms with van der Waals surface area (Å²) in [5.74, 6) is 1.19. The summed E-state index contributed by atoms with van der Waals surface area (Å²) in [6.07, 6.45) is 3.13. The lowest BCUT2D eigenvalue weighted by atomic mass is 10.1. The zero-order valence-corrected chi connectivity index (χ0v) is 16.2. The highest BCUT2D eigenvalue weighted by atomic mass is 32.2. The highest BCUT2D eigenvalue weighted by molar-refractivity contribution is 7.86. The maximum atomic E-state index is 12.2. The Bertz CT molecular complexity index is 854. The van der Waals surface area contributed by atoms with Crippen LogP contribution in [0.2, 0.25) is 0 Å². The lowest BCUT2D eigenvalue weighted by Gasteiger charge is -2.22. The van der Waals surface area contributed by atoms with Crippen molar-refractivity contribution in [1.82, 2.24) is 0 Å². The molecule has 0 amide bonds. The number of hydrogen-bond donors (Lipinski definition) is 0. The van der Waals surface area contributed by atoms with Gasteiger partial charge in [0, 0.05) is 5.56 Å². The Labute approximate surface area is 155 Å². The summed E-state index contributed by atoms with van der Waals surface area (Å²) < 4.78 is 40.7. The molecule has 140 valence electrons. The summed E-state index contributed by atoms with van der Waals surface area (Å²) in [4.78, 5) is 0.130. The molecule has 0 aliphatic carbocycles. The molecule has 6 heteroatoms. The summed E-state index contributed by atoms with van der Waals surface area (Å²) in [5, 5.41) is 0. The normalized spacial score (nSPS) is 15.3. The molecule has 26 heavy (non-hydrogen) atoms. The number of aryl methyl sites for hydroxylation is 1. The SMILES string of the molecule is CC.COc1cccc2c1OC(COS(=O)(=O)c1ccc(C)cc1)C=C2. The van der Waals surface area contributed by atoms with Gasteiger partial charge in [0.2, 0.25) is 0 Å². The van der Waals surface area contributed by atoms with Crippen LogP contribution in [0.5, 0.6) is 11.5 Å². The molecule has 0 fully saturated rings. The fourth-order valence-corrected chi connectivity index (χ4v) is 3.29. The van der Waals surface area contributed by atoms with Gasteiger partial charge < -0.3 is 9.47 Å². The molecule has 2 aromatic rings. The minimum Gasteiger partial charge on any atom is -0.493 e. The van der Waals surface area contributed by atoms with Crippen molar-refractivity contribution in [2.45, 2.75) is 31.8 Å². The molecule has 0 radical (unpaired) electrons. The van der Waals surface area contributed by atoms with E-state index < -0.39 is 16.2 Å². The van der Waals surface area contributed by atoms with Crippen molar-refractivity contribution in [1.29, 1.82) is 0 Å². The fraction of sp³-hybridized carbons (Fsp3) is 0.300. The first kappa shape index (κ1) is 20.0. The zero-order valence-electron chi connectivity index (χ0n) is 15.4. The largest absolute Gasteiger partial charge is 0.493 e. The molecule has 1 aliphatic rings. The van der Waals surface area contributed by atoms with E-state index in [9.17, 15) is 8.42 Å². The van der Waals surface area contributed by atoms with Gasteiger partial charge in [0.25, 0.3) is 10.1 Å². The first-order valence-electron chi connectivity index (χ1n) is 8.47. The average Bonchev–Trinajstić information content (AvgIpc) is 2.67. The Hall–Kier alpha value is -2.31. The van der Waals surface area contributed by atoms with Gasteiger partial charge in [0.05, 0.1) is 12.0 Å². The van der Waals surface area contributed by atoms with Crippen LogP contribution >= 0.6 is 0 Å². The Kier molecular flexibility index (Phi) is 6.83. The number of para-hydroxylation sites is 1. The maximum Gasteiger partial charge on any atom is 0.297 e. The Morgan fingerprint density at radius 1 is 1.08 bits per heavy atom. The Morgan fingerprint density at radius 2 is 1.77 bits per heavy atom. The first-order valence-corrected chi connectivity index (χ1v) is 9.88. The summed E-state index contributed by atoms with van der Waals surface area (Å²) >= 11 is 0. The second kappa shape index (κ2) is 8.87. The second-order valence-electron chi connectivity index (χ2n) is 5.45. The highest BCUT2D eigenvalue weighted by Gasteiger charge is 2.22. The van der Waals surface area contributed by atoms with Crippen molar-refractivity contribution in [3.8, 4) is 11.5 Å². The molecule has 2 aromatic carbocycles. The molecule has 0 bridgehead atoms. The van der Waals surface area contributed by atoms with E-state index in [1.165, 1.54) is 12.1 Å². The third kappa shape index (κ3) is 4.65. The molecule has 3 rings (SSSR count). The standard InChI is InChI=1S/C18H18O5S.C2H6/c1-13-6-10-16(11-7-13)24(19,20)22-12-15-9-8-14-4-3-5-17(21-2)18(14)23-15;1-2/h3-11,15H,12H2,1-2H3;1-2H3. The molecule has 1 aliphatic heterocycles. The predicted octanol–water partition coefficient (Wildman–Crippen LogP) is 4.21. The minimum atomic E-state index is -3.81. The summed E-state index contributed by atoms with van der Waals surface area (Å²) in [6, 6.07) is 12.1. The van der Waals surface area contributed by atoms with Crippen LogP contribution in [0.1, 0.15) is 25.0 Å². The van der Waals surface area contributed by atoms with E-state index in [1.807, 2.05) is 39.0 Å². The predicted molar refractivity (Wildman–Crippen MR) is 102 cm³/mol. The van der Waals surface area contributed by atoms with E-state index >= 15 is 0 Å². The number of benzene rings is 2. The lowest BCUT2D eigenvalue weighted by molar-refractivity contribution is 0.161. The van der Waals surface area contributed by atoms with Crippen LogP contribution in [0.25, 0.3) is 6.08 Å². The van der Waals surface area contributed by atoms with Gasteiger partial charge in [-0.2, -0.15) is 8.42 Å². The number of fused-ring (bicyclic) bond motifs is 1. The first-order chi connectivity index (χ1) is 12.5. The van der Waals surface area contributed by atoms with Crippen molar-refractivity contribution in [2.24, 2.45) is 0 Å². The summed E-state index contributed by atoms with van der Waals surface area (Å²) in [6.45, 7) is 5.78. The van der Waals surface area contributed by atoms with Crippen LogP contribution in [0.15, 0.2) is 53.4 Å². The van der Waals surface area contributed by atoms with Crippen molar-refractivity contribution in [3.05, 3.63) is 59.7 Å². The Balaban J connectivity index is 0.00000117. The molecule has 0 aromatic heterocycles. The Morgan fingerprint density at radius 3 is 2.42 bits per heavy atom. The molecule has 1 atom stereocenters. The zero-order chi connectivity index (χ0) is 19.2. The number of methoxy groups -OCH3 is 1. The molecular weight excluding hydrogens is 352 g/mol. The number of hydrogen-bond acceptors (Lipinski definition) is 5. The molecule has 1 unspecified atom stereocenters. The maximum absolute atomic E-state index is 12.2. The molecular formula is C20H24O5S. The van der Waals surface area contributed by atoms with E-state index in [2.05, 4.69) is 0 Å². The molecule has 5 nitrogen and oxygen atoms in total. The van der Waals surface area contributed by atoms with Crippen molar-refractivity contribution >= 4 is 16.2 Å². The number of rotatable bonds is 5. The van der Waals surface area contributed by atoms with Crippen molar-refractivity contribution in [2.75, 3.05) is 13.7 Å². The van der Waals surface area contributed by atoms with Gasteiger partial charge in [-0.3, -0.25) is 4.18 Å². The topological polar surface area (TPSA) is 61.8 Å². The fourth-order valence-electron chi connectivity index (χ4n) is 2.37. The van der Waals surface area contributed by atoms with Crippen LogP contribution in [0.4, 0.5) is 0 Å². The molecule has 0 saturated heterocycles. The number of ether oxygens (including phenoxy) is 2. The van der Waals surface area contributed by atoms with Crippen LogP contribution in [-0.4, -0.2) is 28.2 Å². The summed E-state index contributed by atoms with van der Waals surface area (Å²) in [7, 11) is -2.25. The molecule has 1 heterocycles. The van der Waals surface area contributed by atoms with Gasteiger partial charge in [-0.25, -0.2) is 0 Å². The van der Waals surface area contributed by atoms with E-state index in [0.29, 0.717) is 11.5 Å². The van der Waals surface area contributed by atoms with Crippen LogP contribution < -0.4 is 9.47 Å². The molecule has 0 spiro atoms. The van der Waals surface area contributed by atoms with Crippen LogP contribution in [0.3, 0.4) is 0 Å². The minimum absolute atomic E-state index is 0.107. The lowest BCUT2D eigenvalue weighted by Crippen LogP contribution is -2.25. The molecule has 0 saturated carbocycles.